The van der Waals surface area contributed by atoms with Gasteiger partial charge in [0, 0.05) is 6.42 Å². The van der Waals surface area contributed by atoms with Gasteiger partial charge in [-0.25, -0.2) is 0 Å². The lowest BCUT2D eigenvalue weighted by Crippen LogP contribution is -2.24. The highest BCUT2D eigenvalue weighted by molar-refractivity contribution is 4.73. The molecule has 0 unspecified atom stereocenters. The summed E-state index contributed by atoms with van der Waals surface area (Å²) < 4.78 is 11.0. The number of rotatable bonds is 5. The van der Waals surface area contributed by atoms with E-state index in [0.29, 0.717) is 13.0 Å². The van der Waals surface area contributed by atoms with Crippen molar-refractivity contribution in [3.8, 4) is 0 Å². The van der Waals surface area contributed by atoms with Crippen molar-refractivity contribution in [2.45, 2.75) is 64.4 Å². The molecule has 0 radical (unpaired) electrons. The molecule has 0 spiro atoms. The van der Waals surface area contributed by atoms with Crippen molar-refractivity contribution in [1.82, 2.24) is 0 Å². The fourth-order valence-electron chi connectivity index (χ4n) is 1.74. The molecule has 1 aliphatic heterocycles. The lowest BCUT2D eigenvalue weighted by Gasteiger charge is -2.18. The Bertz CT molecular complexity index is 168. The van der Waals surface area contributed by atoms with E-state index < -0.39 is 5.79 Å². The molecule has 0 bridgehead atoms. The van der Waals surface area contributed by atoms with Gasteiger partial charge in [-0.3, -0.25) is 0 Å². The van der Waals surface area contributed by atoms with Crippen LogP contribution in [0.25, 0.3) is 0 Å². The van der Waals surface area contributed by atoms with E-state index in [2.05, 4.69) is 6.92 Å². The van der Waals surface area contributed by atoms with Crippen LogP contribution in [0, 0.1) is 0 Å². The maximum absolute atomic E-state index is 9.68. The molecule has 84 valence electrons. The molecule has 1 heterocycles. The number of unbranched alkanes of at least 4 members (excludes halogenated alkanes) is 1. The van der Waals surface area contributed by atoms with Crippen molar-refractivity contribution in [1.29, 1.82) is 0 Å². The molecule has 14 heavy (non-hydrogen) atoms. The Morgan fingerprint density at radius 3 is 2.71 bits per heavy atom. The summed E-state index contributed by atoms with van der Waals surface area (Å²) in [7, 11) is 0. The topological polar surface area (TPSA) is 38.7 Å². The lowest BCUT2D eigenvalue weighted by atomic mass is 10.1. The molecule has 1 saturated heterocycles. The molecule has 0 saturated carbocycles. The lowest BCUT2D eigenvalue weighted by molar-refractivity contribution is -0.141. The highest BCUT2D eigenvalue weighted by atomic mass is 16.7. The molecule has 1 N–H and O–H groups in total. The van der Waals surface area contributed by atoms with E-state index in [1.165, 1.54) is 0 Å². The van der Waals surface area contributed by atoms with Gasteiger partial charge < -0.3 is 14.6 Å². The Kier molecular flexibility index (Phi) is 4.35. The van der Waals surface area contributed by atoms with Crippen molar-refractivity contribution in [3.63, 3.8) is 0 Å². The molecule has 0 aromatic carbocycles. The zero-order chi connectivity index (χ0) is 10.6. The molecule has 1 rings (SSSR count). The molecule has 0 amide bonds. The minimum absolute atomic E-state index is 0.0665. The van der Waals surface area contributed by atoms with Gasteiger partial charge in [0.15, 0.2) is 5.79 Å². The van der Waals surface area contributed by atoms with Crippen LogP contribution in [0.3, 0.4) is 0 Å². The van der Waals surface area contributed by atoms with Crippen LogP contribution in [-0.2, 0) is 9.47 Å². The summed E-state index contributed by atoms with van der Waals surface area (Å²) >= 11 is 0. The Morgan fingerprint density at radius 1 is 1.50 bits per heavy atom. The first-order chi connectivity index (χ1) is 6.53. The summed E-state index contributed by atoms with van der Waals surface area (Å²) in [4.78, 5) is 0. The van der Waals surface area contributed by atoms with Gasteiger partial charge in [-0.15, -0.1) is 0 Å². The molecule has 1 aliphatic rings. The Balaban J connectivity index is 2.18. The highest BCUT2D eigenvalue weighted by Gasteiger charge is 2.33. The number of aliphatic hydroxyl groups is 1. The van der Waals surface area contributed by atoms with Crippen molar-refractivity contribution >= 4 is 0 Å². The van der Waals surface area contributed by atoms with Gasteiger partial charge in [-0.05, 0) is 20.3 Å². The number of hydrogen-bond acceptors (Lipinski definition) is 3. The van der Waals surface area contributed by atoms with Gasteiger partial charge in [0.25, 0.3) is 0 Å². The quantitative estimate of drug-likeness (QED) is 0.741. The SMILES string of the molecule is CCCC[C@H](O)C[C@H]1COC(C)(C)O1. The van der Waals surface area contributed by atoms with Crippen LogP contribution in [0.5, 0.6) is 0 Å². The largest absolute Gasteiger partial charge is 0.393 e. The van der Waals surface area contributed by atoms with Crippen LogP contribution in [0.2, 0.25) is 0 Å². The smallest absolute Gasteiger partial charge is 0.163 e. The van der Waals surface area contributed by atoms with Gasteiger partial charge in [-0.2, -0.15) is 0 Å². The van der Waals surface area contributed by atoms with Gasteiger partial charge >= 0.3 is 0 Å². The summed E-state index contributed by atoms with van der Waals surface area (Å²) in [5, 5.41) is 9.68. The molecule has 0 aliphatic carbocycles. The van der Waals surface area contributed by atoms with E-state index in [9.17, 15) is 5.11 Å². The third-order valence-electron chi connectivity index (χ3n) is 2.49. The second kappa shape index (κ2) is 5.10. The van der Waals surface area contributed by atoms with E-state index in [-0.39, 0.29) is 12.2 Å². The first-order valence-corrected chi connectivity index (χ1v) is 5.53. The predicted molar refractivity (Wildman–Crippen MR) is 55.1 cm³/mol. The van der Waals surface area contributed by atoms with Crippen LogP contribution in [0.15, 0.2) is 0 Å². The zero-order valence-corrected chi connectivity index (χ0v) is 9.45. The van der Waals surface area contributed by atoms with Crippen LogP contribution >= 0.6 is 0 Å². The second-order valence-electron chi connectivity index (χ2n) is 4.48. The van der Waals surface area contributed by atoms with Crippen LogP contribution in [-0.4, -0.2) is 29.7 Å². The molecule has 3 nitrogen and oxygen atoms in total. The molecule has 1 fully saturated rings. The number of hydrogen-bond donors (Lipinski definition) is 1. The summed E-state index contributed by atoms with van der Waals surface area (Å²) in [6, 6.07) is 0. The third-order valence-corrected chi connectivity index (χ3v) is 2.49. The monoisotopic (exact) mass is 202 g/mol. The van der Waals surface area contributed by atoms with Crippen molar-refractivity contribution in [2.75, 3.05) is 6.61 Å². The van der Waals surface area contributed by atoms with E-state index in [1.807, 2.05) is 13.8 Å². The number of aliphatic hydroxyl groups excluding tert-OH is 1. The summed E-state index contributed by atoms with van der Waals surface area (Å²) in [5.41, 5.74) is 0. The molecular formula is C11H22O3. The highest BCUT2D eigenvalue weighted by Crippen LogP contribution is 2.25. The summed E-state index contributed by atoms with van der Waals surface area (Å²) in [6.45, 7) is 6.55. The third kappa shape index (κ3) is 3.95. The van der Waals surface area contributed by atoms with E-state index >= 15 is 0 Å². The minimum Gasteiger partial charge on any atom is -0.393 e. The summed E-state index contributed by atoms with van der Waals surface area (Å²) in [6.07, 6.45) is 3.61. The standard InChI is InChI=1S/C11H22O3/c1-4-5-6-9(12)7-10-8-13-11(2,3)14-10/h9-10,12H,4-8H2,1-3H3/t9-,10-/m0/s1. The van der Waals surface area contributed by atoms with E-state index in [0.717, 1.165) is 19.3 Å². The maximum Gasteiger partial charge on any atom is 0.163 e. The van der Waals surface area contributed by atoms with Gasteiger partial charge in [-0.1, -0.05) is 19.8 Å². The van der Waals surface area contributed by atoms with Gasteiger partial charge in [0.1, 0.15) is 0 Å². The Hall–Kier alpha value is -0.120. The van der Waals surface area contributed by atoms with Crippen LogP contribution in [0.4, 0.5) is 0 Å². The second-order valence-corrected chi connectivity index (χ2v) is 4.48. The van der Waals surface area contributed by atoms with Crippen LogP contribution in [0.1, 0.15) is 46.5 Å². The zero-order valence-electron chi connectivity index (χ0n) is 9.45. The average molecular weight is 202 g/mol. The first kappa shape index (κ1) is 12.0. The van der Waals surface area contributed by atoms with Crippen molar-refractivity contribution < 1.29 is 14.6 Å². The summed E-state index contributed by atoms with van der Waals surface area (Å²) in [5.74, 6) is -0.463. The van der Waals surface area contributed by atoms with E-state index in [4.69, 9.17) is 9.47 Å². The van der Waals surface area contributed by atoms with Gasteiger partial charge in [0.2, 0.25) is 0 Å². The predicted octanol–water partition coefficient (Wildman–Crippen LogP) is 2.08. The minimum atomic E-state index is -0.463. The molecule has 0 aromatic heterocycles. The van der Waals surface area contributed by atoms with Gasteiger partial charge in [0.05, 0.1) is 18.8 Å². The van der Waals surface area contributed by atoms with E-state index in [1.54, 1.807) is 0 Å². The normalized spacial score (nSPS) is 27.9. The molecule has 0 aromatic rings. The molecular weight excluding hydrogens is 180 g/mol. The number of ether oxygens (including phenoxy) is 2. The first-order valence-electron chi connectivity index (χ1n) is 5.53. The molecule has 2 atom stereocenters. The fraction of sp³-hybridized carbons (Fsp3) is 1.00. The maximum atomic E-state index is 9.68. The average Bonchev–Trinajstić information content (AvgIpc) is 2.42. The molecule has 3 heteroatoms. The Morgan fingerprint density at radius 2 is 2.21 bits per heavy atom. The Labute approximate surface area is 86.4 Å². The van der Waals surface area contributed by atoms with Crippen LogP contribution < -0.4 is 0 Å². The van der Waals surface area contributed by atoms with Crippen molar-refractivity contribution in [2.24, 2.45) is 0 Å². The van der Waals surface area contributed by atoms with Crippen molar-refractivity contribution in [3.05, 3.63) is 0 Å². The fourth-order valence-corrected chi connectivity index (χ4v) is 1.74.